The molecule has 0 amide bonds. The Kier molecular flexibility index (Phi) is 2.22. The zero-order valence-corrected chi connectivity index (χ0v) is 4.01. The van der Waals surface area contributed by atoms with Gasteiger partial charge in [0.25, 0.3) is 0 Å². The molecule has 40 valence electrons. The van der Waals surface area contributed by atoms with Crippen LogP contribution in [0.4, 0.5) is 0 Å². The average molecular weight is 123 g/mol. The summed E-state index contributed by atoms with van der Waals surface area (Å²) in [5.74, 6) is -1.33. The Morgan fingerprint density at radius 2 is 2.14 bits per heavy atom. The number of aliphatic hydroxyl groups excluding tert-OH is 1. The molecule has 0 spiro atoms. The van der Waals surface area contributed by atoms with Crippen LogP contribution in [0.1, 0.15) is 0 Å². The second kappa shape index (κ2) is 2.47. The standard InChI is InChI=1S/C3H3ClO3/c4-2(1-5)3(6)7/h1,5H,(H,6,7). The SMILES string of the molecule is O=C(O)C(Cl)=CO. The molecule has 3 nitrogen and oxygen atoms in total. The summed E-state index contributed by atoms with van der Waals surface area (Å²) < 4.78 is 0. The van der Waals surface area contributed by atoms with Gasteiger partial charge in [0.2, 0.25) is 0 Å². The van der Waals surface area contributed by atoms with E-state index in [0.29, 0.717) is 6.26 Å². The first kappa shape index (κ1) is 6.30. The fourth-order valence-corrected chi connectivity index (χ4v) is 0.0552. The minimum absolute atomic E-state index is 0.323. The number of carbonyl (C=O) groups is 1. The van der Waals surface area contributed by atoms with Crippen LogP contribution in [0.2, 0.25) is 0 Å². The Hall–Kier alpha value is -0.700. The summed E-state index contributed by atoms with van der Waals surface area (Å²) in [5.41, 5.74) is 0. The molecule has 2 N–H and O–H groups in total. The predicted molar refractivity (Wildman–Crippen MR) is 24.2 cm³/mol. The van der Waals surface area contributed by atoms with Crippen molar-refractivity contribution in [3.05, 3.63) is 11.3 Å². The molecule has 0 heterocycles. The maximum atomic E-state index is 9.57. The lowest BCUT2D eigenvalue weighted by Gasteiger charge is -1.80. The van der Waals surface area contributed by atoms with Gasteiger partial charge in [-0.3, -0.25) is 0 Å². The second-order valence-electron chi connectivity index (χ2n) is 0.782. The maximum absolute atomic E-state index is 9.57. The van der Waals surface area contributed by atoms with Gasteiger partial charge in [0, 0.05) is 0 Å². The molecule has 0 aromatic heterocycles. The second-order valence-corrected chi connectivity index (χ2v) is 1.19. The first-order valence-corrected chi connectivity index (χ1v) is 1.79. The maximum Gasteiger partial charge on any atom is 0.350 e. The van der Waals surface area contributed by atoms with Crippen LogP contribution < -0.4 is 0 Å². The number of hydrogen-bond donors (Lipinski definition) is 2. The van der Waals surface area contributed by atoms with Gasteiger partial charge in [-0.2, -0.15) is 0 Å². The molecular formula is C3H3ClO3. The highest BCUT2D eigenvalue weighted by Crippen LogP contribution is 1.96. The van der Waals surface area contributed by atoms with Crippen molar-refractivity contribution in [1.29, 1.82) is 0 Å². The van der Waals surface area contributed by atoms with E-state index in [1.165, 1.54) is 0 Å². The number of rotatable bonds is 1. The normalized spacial score (nSPS) is 11.3. The Balaban J connectivity index is 3.82. The lowest BCUT2D eigenvalue weighted by molar-refractivity contribution is -0.132. The molecule has 0 aromatic rings. The first-order valence-electron chi connectivity index (χ1n) is 1.41. The minimum atomic E-state index is -1.33. The van der Waals surface area contributed by atoms with Crippen LogP contribution >= 0.6 is 11.6 Å². The third-order valence-electron chi connectivity index (χ3n) is 0.318. The lowest BCUT2D eigenvalue weighted by atomic mass is 10.6. The van der Waals surface area contributed by atoms with Crippen LogP contribution in [-0.2, 0) is 4.79 Å². The summed E-state index contributed by atoms with van der Waals surface area (Å²) in [4.78, 5) is 9.57. The summed E-state index contributed by atoms with van der Waals surface area (Å²) in [5, 5.41) is 15.1. The van der Waals surface area contributed by atoms with Crippen LogP contribution in [0, 0.1) is 0 Å². The average Bonchev–Trinajstić information content (AvgIpc) is 1.65. The first-order chi connectivity index (χ1) is 3.18. The lowest BCUT2D eigenvalue weighted by Crippen LogP contribution is -1.92. The van der Waals surface area contributed by atoms with Crippen LogP contribution in [0.15, 0.2) is 11.3 Å². The summed E-state index contributed by atoms with van der Waals surface area (Å²) in [6.45, 7) is 0. The van der Waals surface area contributed by atoms with Gasteiger partial charge < -0.3 is 10.2 Å². The largest absolute Gasteiger partial charge is 0.514 e. The molecule has 0 saturated carbocycles. The zero-order chi connectivity index (χ0) is 5.86. The van der Waals surface area contributed by atoms with Crippen molar-refractivity contribution >= 4 is 17.6 Å². The van der Waals surface area contributed by atoms with Gasteiger partial charge in [-0.15, -0.1) is 0 Å². The van der Waals surface area contributed by atoms with Gasteiger partial charge in [-0.05, 0) is 0 Å². The predicted octanol–water partition coefficient (Wildman–Crippen LogP) is 0.709. The van der Waals surface area contributed by atoms with Gasteiger partial charge in [0.15, 0.2) is 5.03 Å². The topological polar surface area (TPSA) is 57.5 Å². The van der Waals surface area contributed by atoms with Crippen molar-refractivity contribution in [2.24, 2.45) is 0 Å². The van der Waals surface area contributed by atoms with E-state index in [0.717, 1.165) is 0 Å². The Labute approximate surface area is 44.8 Å². The van der Waals surface area contributed by atoms with Gasteiger partial charge in [0.1, 0.15) is 6.26 Å². The van der Waals surface area contributed by atoms with E-state index < -0.39 is 11.0 Å². The number of carboxylic acid groups (broad SMARTS) is 1. The molecule has 0 rings (SSSR count). The highest BCUT2D eigenvalue weighted by atomic mass is 35.5. The van der Waals surface area contributed by atoms with Crippen LogP contribution in [0.25, 0.3) is 0 Å². The smallest absolute Gasteiger partial charge is 0.350 e. The van der Waals surface area contributed by atoms with Gasteiger partial charge in [-0.25, -0.2) is 4.79 Å². The monoisotopic (exact) mass is 122 g/mol. The molecule has 0 bridgehead atoms. The number of halogens is 1. The fraction of sp³-hybridized carbons (Fsp3) is 0. The fourth-order valence-electron chi connectivity index (χ4n) is 0.0552. The summed E-state index contributed by atoms with van der Waals surface area (Å²) >= 11 is 4.81. The van der Waals surface area contributed by atoms with E-state index in [4.69, 9.17) is 21.8 Å². The molecule has 0 saturated heterocycles. The van der Waals surface area contributed by atoms with E-state index >= 15 is 0 Å². The molecule has 0 radical (unpaired) electrons. The molecular weight excluding hydrogens is 119 g/mol. The van der Waals surface area contributed by atoms with E-state index in [2.05, 4.69) is 0 Å². The van der Waals surface area contributed by atoms with Crippen LogP contribution in [-0.4, -0.2) is 16.2 Å². The van der Waals surface area contributed by atoms with E-state index in [1.54, 1.807) is 0 Å². The molecule has 0 aliphatic heterocycles. The number of hydrogen-bond acceptors (Lipinski definition) is 2. The molecule has 0 unspecified atom stereocenters. The van der Waals surface area contributed by atoms with Crippen molar-refractivity contribution in [1.82, 2.24) is 0 Å². The third kappa shape index (κ3) is 2.05. The van der Waals surface area contributed by atoms with Crippen molar-refractivity contribution in [3.63, 3.8) is 0 Å². The molecule has 0 atom stereocenters. The third-order valence-corrected chi connectivity index (χ3v) is 0.577. The molecule has 7 heavy (non-hydrogen) atoms. The quantitative estimate of drug-likeness (QED) is 0.398. The van der Waals surface area contributed by atoms with Crippen molar-refractivity contribution in [2.75, 3.05) is 0 Å². The molecule has 0 aliphatic carbocycles. The number of carboxylic acids is 1. The summed E-state index contributed by atoms with van der Waals surface area (Å²) in [7, 11) is 0. The Morgan fingerprint density at radius 1 is 1.71 bits per heavy atom. The number of aliphatic carboxylic acids is 1. The summed E-state index contributed by atoms with van der Waals surface area (Å²) in [6.07, 6.45) is 0.323. The van der Waals surface area contributed by atoms with Crippen molar-refractivity contribution in [2.45, 2.75) is 0 Å². The van der Waals surface area contributed by atoms with Crippen molar-refractivity contribution < 1.29 is 15.0 Å². The summed E-state index contributed by atoms with van der Waals surface area (Å²) in [6, 6.07) is 0. The zero-order valence-electron chi connectivity index (χ0n) is 3.26. The van der Waals surface area contributed by atoms with E-state index in [9.17, 15) is 4.79 Å². The molecule has 4 heteroatoms. The Morgan fingerprint density at radius 3 is 2.14 bits per heavy atom. The minimum Gasteiger partial charge on any atom is -0.514 e. The Bertz CT molecular complexity index is 107. The number of aliphatic hydroxyl groups is 1. The highest BCUT2D eigenvalue weighted by Gasteiger charge is 1.99. The molecule has 0 aliphatic rings. The molecule has 0 aromatic carbocycles. The van der Waals surface area contributed by atoms with Gasteiger partial charge in [-0.1, -0.05) is 11.6 Å². The van der Waals surface area contributed by atoms with Gasteiger partial charge >= 0.3 is 5.97 Å². The van der Waals surface area contributed by atoms with Gasteiger partial charge in [0.05, 0.1) is 0 Å². The van der Waals surface area contributed by atoms with Crippen LogP contribution in [0.5, 0.6) is 0 Å². The highest BCUT2D eigenvalue weighted by molar-refractivity contribution is 6.40. The van der Waals surface area contributed by atoms with Crippen LogP contribution in [0.3, 0.4) is 0 Å². The molecule has 0 fully saturated rings. The van der Waals surface area contributed by atoms with E-state index in [1.807, 2.05) is 0 Å². The van der Waals surface area contributed by atoms with E-state index in [-0.39, 0.29) is 0 Å². The van der Waals surface area contributed by atoms with Crippen molar-refractivity contribution in [3.8, 4) is 0 Å².